The highest BCUT2D eigenvalue weighted by molar-refractivity contribution is 8.00. The molecule has 2 amide bonds. The zero-order valence-electron chi connectivity index (χ0n) is 15.4. The van der Waals surface area contributed by atoms with Crippen LogP contribution in [0.1, 0.15) is 15.2 Å². The number of hydrogen-bond donors (Lipinski definition) is 2. The molecule has 2 N–H and O–H groups in total. The summed E-state index contributed by atoms with van der Waals surface area (Å²) < 4.78 is 0. The Kier molecular flexibility index (Phi) is 6.63. The lowest BCUT2D eigenvalue weighted by molar-refractivity contribution is -0.384. The smallest absolute Gasteiger partial charge is 0.271 e. The Bertz CT molecular complexity index is 1030. The molecule has 0 aliphatic rings. The first-order chi connectivity index (χ1) is 13.9. The molecule has 3 rings (SSSR count). The molecule has 29 heavy (non-hydrogen) atoms. The largest absolute Gasteiger partial charge is 0.325 e. The van der Waals surface area contributed by atoms with Crippen molar-refractivity contribution in [3.63, 3.8) is 0 Å². The number of non-ortho nitro benzene ring substituents is 1. The second kappa shape index (κ2) is 9.35. The molecule has 7 nitrogen and oxygen atoms in total. The number of rotatable bonds is 7. The number of nitro groups is 1. The van der Waals surface area contributed by atoms with Gasteiger partial charge in [-0.25, -0.2) is 0 Å². The molecule has 2 aromatic carbocycles. The van der Waals surface area contributed by atoms with Crippen LogP contribution < -0.4 is 10.6 Å². The normalized spacial score (nSPS) is 10.4. The summed E-state index contributed by atoms with van der Waals surface area (Å²) in [6.07, 6.45) is 0. The third kappa shape index (κ3) is 5.66. The molecule has 0 saturated heterocycles. The van der Waals surface area contributed by atoms with E-state index in [0.29, 0.717) is 16.3 Å². The lowest BCUT2D eigenvalue weighted by Crippen LogP contribution is -2.15. The van der Waals surface area contributed by atoms with Crippen molar-refractivity contribution < 1.29 is 14.5 Å². The average Bonchev–Trinajstić information content (AvgIpc) is 3.24. The molecule has 148 valence electrons. The maximum absolute atomic E-state index is 12.2. The maximum Gasteiger partial charge on any atom is 0.271 e. The third-order valence-corrected chi connectivity index (χ3v) is 5.81. The maximum atomic E-state index is 12.2. The fourth-order valence-corrected chi connectivity index (χ4v) is 3.75. The van der Waals surface area contributed by atoms with Gasteiger partial charge in [0.15, 0.2) is 0 Å². The van der Waals surface area contributed by atoms with Gasteiger partial charge in [0.1, 0.15) is 0 Å². The van der Waals surface area contributed by atoms with Crippen LogP contribution in [-0.2, 0) is 4.79 Å². The first kappa shape index (κ1) is 20.6. The molecule has 0 radical (unpaired) electrons. The summed E-state index contributed by atoms with van der Waals surface area (Å²) in [4.78, 5) is 36.1. The van der Waals surface area contributed by atoms with Crippen LogP contribution in [0.5, 0.6) is 0 Å². The van der Waals surface area contributed by atoms with Crippen molar-refractivity contribution in [3.8, 4) is 0 Å². The van der Waals surface area contributed by atoms with Crippen LogP contribution in [0.2, 0.25) is 0 Å². The molecule has 0 saturated carbocycles. The van der Waals surface area contributed by atoms with Crippen LogP contribution in [0, 0.1) is 17.0 Å². The van der Waals surface area contributed by atoms with Gasteiger partial charge in [0.25, 0.3) is 11.6 Å². The minimum absolute atomic E-state index is 0.0706. The molecule has 0 unspecified atom stereocenters. The van der Waals surface area contributed by atoms with Crippen molar-refractivity contribution in [1.29, 1.82) is 0 Å². The summed E-state index contributed by atoms with van der Waals surface area (Å²) in [6.45, 7) is 1.77. The van der Waals surface area contributed by atoms with Gasteiger partial charge in [0.2, 0.25) is 5.91 Å². The predicted molar refractivity (Wildman–Crippen MR) is 116 cm³/mol. The summed E-state index contributed by atoms with van der Waals surface area (Å²) in [6, 6.07) is 15.1. The molecular formula is C20H17N3O4S2. The Balaban J connectivity index is 1.53. The second-order valence-electron chi connectivity index (χ2n) is 6.05. The van der Waals surface area contributed by atoms with Gasteiger partial charge < -0.3 is 10.6 Å². The number of aryl methyl sites for hydroxylation is 1. The van der Waals surface area contributed by atoms with Crippen molar-refractivity contribution in [3.05, 3.63) is 80.5 Å². The molecule has 0 spiro atoms. The number of carbonyl (C=O) groups excluding carboxylic acids is 2. The zero-order chi connectivity index (χ0) is 20.8. The van der Waals surface area contributed by atoms with Crippen molar-refractivity contribution in [2.75, 3.05) is 16.4 Å². The molecular weight excluding hydrogens is 410 g/mol. The standard InChI is InChI=1S/C20H17N3O4S2/c1-13-4-7-15(23(26)27)11-17(13)22-19(24)12-29-16-8-5-14(6-9-16)21-20(25)18-3-2-10-28-18/h2-11H,12H2,1H3,(H,21,25)(H,22,24). The number of thiophene rings is 1. The van der Waals surface area contributed by atoms with Gasteiger partial charge in [-0.2, -0.15) is 0 Å². The quantitative estimate of drug-likeness (QED) is 0.316. The van der Waals surface area contributed by atoms with E-state index < -0.39 is 4.92 Å². The molecule has 9 heteroatoms. The summed E-state index contributed by atoms with van der Waals surface area (Å²) in [5.74, 6) is -0.260. The van der Waals surface area contributed by atoms with Crippen LogP contribution >= 0.6 is 23.1 Å². The Labute approximate surface area is 175 Å². The average molecular weight is 428 g/mol. The topological polar surface area (TPSA) is 101 Å². The highest BCUT2D eigenvalue weighted by Crippen LogP contribution is 2.24. The number of amides is 2. The van der Waals surface area contributed by atoms with Gasteiger partial charge in [0.05, 0.1) is 21.2 Å². The van der Waals surface area contributed by atoms with Crippen LogP contribution in [0.15, 0.2) is 64.9 Å². The number of carbonyl (C=O) groups is 2. The van der Waals surface area contributed by atoms with Gasteiger partial charge in [-0.05, 0) is 48.2 Å². The van der Waals surface area contributed by atoms with Crippen LogP contribution in [-0.4, -0.2) is 22.5 Å². The lowest BCUT2D eigenvalue weighted by Gasteiger charge is -2.09. The summed E-state index contributed by atoms with van der Waals surface area (Å²) >= 11 is 2.70. The minimum atomic E-state index is -0.497. The van der Waals surface area contributed by atoms with Gasteiger partial charge in [-0.1, -0.05) is 12.1 Å². The zero-order valence-corrected chi connectivity index (χ0v) is 17.0. The van der Waals surface area contributed by atoms with E-state index in [1.165, 1.54) is 35.2 Å². The highest BCUT2D eigenvalue weighted by atomic mass is 32.2. The Morgan fingerprint density at radius 1 is 1.10 bits per heavy atom. The molecule has 0 fully saturated rings. The number of hydrogen-bond acceptors (Lipinski definition) is 6. The van der Waals surface area contributed by atoms with Crippen molar-refractivity contribution in [1.82, 2.24) is 0 Å². The second-order valence-corrected chi connectivity index (χ2v) is 8.05. The minimum Gasteiger partial charge on any atom is -0.325 e. The fraction of sp³-hybridized carbons (Fsp3) is 0.100. The first-order valence-corrected chi connectivity index (χ1v) is 10.4. The Morgan fingerprint density at radius 2 is 1.86 bits per heavy atom. The summed E-state index contributed by atoms with van der Waals surface area (Å²) in [5.41, 5.74) is 1.78. The van der Waals surface area contributed by atoms with Crippen molar-refractivity contribution in [2.24, 2.45) is 0 Å². The lowest BCUT2D eigenvalue weighted by atomic mass is 10.2. The SMILES string of the molecule is Cc1ccc([N+](=O)[O-])cc1NC(=O)CSc1ccc(NC(=O)c2cccs2)cc1. The Morgan fingerprint density at radius 3 is 2.52 bits per heavy atom. The van der Waals surface area contributed by atoms with E-state index in [1.54, 1.807) is 31.2 Å². The fourth-order valence-electron chi connectivity index (χ4n) is 2.43. The van der Waals surface area contributed by atoms with E-state index in [2.05, 4.69) is 10.6 Å². The number of nitrogens with one attached hydrogen (secondary N) is 2. The van der Waals surface area contributed by atoms with E-state index in [1.807, 2.05) is 23.6 Å². The molecule has 1 heterocycles. The summed E-state index contributed by atoms with van der Waals surface area (Å²) in [7, 11) is 0. The molecule has 0 atom stereocenters. The molecule has 0 aliphatic carbocycles. The number of anilines is 2. The third-order valence-electron chi connectivity index (χ3n) is 3.93. The van der Waals surface area contributed by atoms with Gasteiger partial charge in [-0.15, -0.1) is 23.1 Å². The first-order valence-electron chi connectivity index (χ1n) is 8.55. The van der Waals surface area contributed by atoms with Gasteiger partial charge >= 0.3 is 0 Å². The molecule has 0 bridgehead atoms. The summed E-state index contributed by atoms with van der Waals surface area (Å²) in [5, 5.41) is 18.3. The van der Waals surface area contributed by atoms with E-state index in [9.17, 15) is 19.7 Å². The van der Waals surface area contributed by atoms with Crippen LogP contribution in [0.4, 0.5) is 17.1 Å². The van der Waals surface area contributed by atoms with Gasteiger partial charge in [-0.3, -0.25) is 19.7 Å². The van der Waals surface area contributed by atoms with E-state index >= 15 is 0 Å². The van der Waals surface area contributed by atoms with Crippen LogP contribution in [0.25, 0.3) is 0 Å². The van der Waals surface area contributed by atoms with Crippen molar-refractivity contribution >= 4 is 52.0 Å². The van der Waals surface area contributed by atoms with Crippen molar-refractivity contribution in [2.45, 2.75) is 11.8 Å². The van der Waals surface area contributed by atoms with E-state index in [4.69, 9.17) is 0 Å². The number of thioether (sulfide) groups is 1. The molecule has 3 aromatic rings. The molecule has 0 aliphatic heterocycles. The molecule has 1 aromatic heterocycles. The predicted octanol–water partition coefficient (Wildman–Crippen LogP) is 4.95. The number of nitro benzene ring substituents is 1. The monoisotopic (exact) mass is 427 g/mol. The van der Waals surface area contributed by atoms with E-state index in [-0.39, 0.29) is 23.3 Å². The van der Waals surface area contributed by atoms with Gasteiger partial charge in [0, 0.05) is 22.7 Å². The van der Waals surface area contributed by atoms with E-state index in [0.717, 1.165) is 10.5 Å². The number of nitrogens with zero attached hydrogens (tertiary/aromatic N) is 1. The number of benzene rings is 2. The van der Waals surface area contributed by atoms with Crippen LogP contribution in [0.3, 0.4) is 0 Å². The Hall–Kier alpha value is -3.17. The highest BCUT2D eigenvalue weighted by Gasteiger charge is 2.12.